The van der Waals surface area contributed by atoms with E-state index in [9.17, 15) is 0 Å². The molecule has 0 spiro atoms. The van der Waals surface area contributed by atoms with Gasteiger partial charge in [0.15, 0.2) is 5.75 Å². The van der Waals surface area contributed by atoms with Gasteiger partial charge in [-0.3, -0.25) is 0 Å². The average Bonchev–Trinajstić information content (AvgIpc) is 2.60. The molecular weight excluding hydrogens is 354 g/mol. The predicted octanol–water partition coefficient (Wildman–Crippen LogP) is 4.11. The summed E-state index contributed by atoms with van der Waals surface area (Å²) in [6, 6.07) is 16.7. The minimum atomic E-state index is -0.0773. The van der Waals surface area contributed by atoms with Gasteiger partial charge in [-0.05, 0) is 49.7 Å². The first-order valence-electron chi connectivity index (χ1n) is 7.98. The maximum absolute atomic E-state index is 5.94. The van der Waals surface area contributed by atoms with Gasteiger partial charge in [-0.25, -0.2) is 0 Å². The minimum Gasteiger partial charge on any atom is -0.457 e. The van der Waals surface area contributed by atoms with Crippen LogP contribution in [0.1, 0.15) is 13.8 Å². The van der Waals surface area contributed by atoms with E-state index in [2.05, 4.69) is 15.0 Å². The molecule has 0 saturated heterocycles. The zero-order chi connectivity index (χ0) is 18.5. The molecule has 1 heterocycles. The fourth-order valence-electron chi connectivity index (χ4n) is 2.16. The molecule has 3 aromatic rings. The Balaban J connectivity index is 1.82. The molecule has 0 bridgehead atoms. The van der Waals surface area contributed by atoms with Crippen molar-refractivity contribution in [2.75, 3.05) is 10.8 Å². The Hall–Kier alpha value is -3.06. The standard InChI is InChI=1S/C18H18ClN5O2/c1-12(2)24(18-22-16(19)21-17(20)23-18)26-15-10-6-9-14(11-15)25-13-7-4-3-5-8-13/h3-12H,1-2H3,(H2,20,21,22,23). The number of halogens is 1. The van der Waals surface area contributed by atoms with E-state index in [1.54, 1.807) is 12.1 Å². The number of hydrogen-bond acceptors (Lipinski definition) is 7. The molecule has 0 aliphatic rings. The number of anilines is 2. The maximum Gasteiger partial charge on any atom is 0.265 e. The molecule has 7 nitrogen and oxygen atoms in total. The van der Waals surface area contributed by atoms with Gasteiger partial charge in [-0.2, -0.15) is 20.0 Å². The second kappa shape index (κ2) is 7.88. The van der Waals surface area contributed by atoms with Crippen LogP contribution in [0.3, 0.4) is 0 Å². The maximum atomic E-state index is 5.94. The molecule has 2 aromatic carbocycles. The van der Waals surface area contributed by atoms with Gasteiger partial charge in [0.25, 0.3) is 5.95 Å². The number of hydroxylamine groups is 1. The third-order valence-corrected chi connectivity index (χ3v) is 3.44. The minimum absolute atomic E-state index is 0.00270. The third kappa shape index (κ3) is 4.52. The van der Waals surface area contributed by atoms with Gasteiger partial charge in [0, 0.05) is 6.07 Å². The fraction of sp³-hybridized carbons (Fsp3) is 0.167. The number of nitrogens with two attached hydrogens (primary N) is 1. The van der Waals surface area contributed by atoms with E-state index in [4.69, 9.17) is 26.9 Å². The number of ether oxygens (including phenoxy) is 1. The van der Waals surface area contributed by atoms with Crippen molar-refractivity contribution in [3.8, 4) is 17.2 Å². The second-order valence-corrected chi connectivity index (χ2v) is 6.00. The van der Waals surface area contributed by atoms with Gasteiger partial charge < -0.3 is 15.3 Å². The van der Waals surface area contributed by atoms with Crippen molar-refractivity contribution in [1.29, 1.82) is 0 Å². The zero-order valence-electron chi connectivity index (χ0n) is 14.3. The highest BCUT2D eigenvalue weighted by molar-refractivity contribution is 6.28. The molecule has 26 heavy (non-hydrogen) atoms. The molecule has 134 valence electrons. The Morgan fingerprint density at radius 3 is 2.31 bits per heavy atom. The summed E-state index contributed by atoms with van der Waals surface area (Å²) in [7, 11) is 0. The van der Waals surface area contributed by atoms with E-state index in [0.717, 1.165) is 5.75 Å². The van der Waals surface area contributed by atoms with Crippen LogP contribution in [0, 0.1) is 0 Å². The van der Waals surface area contributed by atoms with Gasteiger partial charge in [-0.15, -0.1) is 0 Å². The summed E-state index contributed by atoms with van der Waals surface area (Å²) in [5, 5.41) is 1.51. The molecule has 2 N–H and O–H groups in total. The lowest BCUT2D eigenvalue weighted by Gasteiger charge is -2.26. The smallest absolute Gasteiger partial charge is 0.265 e. The van der Waals surface area contributed by atoms with Gasteiger partial charge in [0.1, 0.15) is 11.5 Å². The van der Waals surface area contributed by atoms with E-state index in [-0.39, 0.29) is 23.2 Å². The van der Waals surface area contributed by atoms with Crippen LogP contribution in [0.2, 0.25) is 5.28 Å². The Bertz CT molecular complexity index is 856. The molecule has 0 atom stereocenters. The van der Waals surface area contributed by atoms with Crippen molar-refractivity contribution in [2.45, 2.75) is 19.9 Å². The van der Waals surface area contributed by atoms with E-state index in [1.807, 2.05) is 56.3 Å². The first-order valence-corrected chi connectivity index (χ1v) is 8.36. The first kappa shape index (κ1) is 17.8. The van der Waals surface area contributed by atoms with E-state index in [1.165, 1.54) is 5.06 Å². The van der Waals surface area contributed by atoms with Gasteiger partial charge in [0.2, 0.25) is 11.2 Å². The lowest BCUT2D eigenvalue weighted by Crippen LogP contribution is -2.36. The van der Waals surface area contributed by atoms with Crippen molar-refractivity contribution >= 4 is 23.5 Å². The fourth-order valence-corrected chi connectivity index (χ4v) is 2.33. The third-order valence-electron chi connectivity index (χ3n) is 3.27. The Labute approximate surface area is 156 Å². The van der Waals surface area contributed by atoms with Gasteiger partial charge >= 0.3 is 0 Å². The summed E-state index contributed by atoms with van der Waals surface area (Å²) in [6.45, 7) is 3.86. The zero-order valence-corrected chi connectivity index (χ0v) is 15.1. The molecule has 0 radical (unpaired) electrons. The van der Waals surface area contributed by atoms with E-state index in [0.29, 0.717) is 11.5 Å². The number of aromatic nitrogens is 3. The summed E-state index contributed by atoms with van der Waals surface area (Å²) in [5.41, 5.74) is 5.65. The molecule has 3 rings (SSSR count). The molecule has 0 fully saturated rings. The van der Waals surface area contributed by atoms with Gasteiger partial charge in [0.05, 0.1) is 6.04 Å². The Kier molecular flexibility index (Phi) is 5.38. The highest BCUT2D eigenvalue weighted by Crippen LogP contribution is 2.27. The molecule has 0 amide bonds. The molecule has 0 aliphatic heterocycles. The number of nitrogen functional groups attached to an aromatic ring is 1. The molecule has 8 heteroatoms. The number of para-hydroxylation sites is 1. The number of hydrogen-bond donors (Lipinski definition) is 1. The Morgan fingerprint density at radius 2 is 1.62 bits per heavy atom. The van der Waals surface area contributed by atoms with E-state index < -0.39 is 0 Å². The molecule has 0 aliphatic carbocycles. The van der Waals surface area contributed by atoms with Crippen LogP contribution in [0.15, 0.2) is 54.6 Å². The SMILES string of the molecule is CC(C)N(Oc1cccc(Oc2ccccc2)c1)c1nc(N)nc(Cl)n1. The lowest BCUT2D eigenvalue weighted by atomic mass is 10.3. The second-order valence-electron chi connectivity index (χ2n) is 5.66. The molecule has 0 saturated carbocycles. The van der Waals surface area contributed by atoms with Crippen molar-refractivity contribution in [3.63, 3.8) is 0 Å². The highest BCUT2D eigenvalue weighted by Gasteiger charge is 2.18. The predicted molar refractivity (Wildman–Crippen MR) is 100 cm³/mol. The van der Waals surface area contributed by atoms with Gasteiger partial charge in [-0.1, -0.05) is 24.3 Å². The summed E-state index contributed by atoms with van der Waals surface area (Å²) in [5.74, 6) is 2.19. The average molecular weight is 372 g/mol. The summed E-state index contributed by atoms with van der Waals surface area (Å²) in [6.07, 6.45) is 0. The van der Waals surface area contributed by atoms with Crippen LogP contribution < -0.4 is 20.4 Å². The quantitative estimate of drug-likeness (QED) is 0.652. The Morgan fingerprint density at radius 1 is 0.923 bits per heavy atom. The number of nitrogens with zero attached hydrogens (tertiary/aromatic N) is 4. The topological polar surface area (TPSA) is 86.4 Å². The molecule has 0 unspecified atom stereocenters. The number of benzene rings is 2. The van der Waals surface area contributed by atoms with Crippen LogP contribution in [0.25, 0.3) is 0 Å². The lowest BCUT2D eigenvalue weighted by molar-refractivity contribution is 0.246. The monoisotopic (exact) mass is 371 g/mol. The highest BCUT2D eigenvalue weighted by atomic mass is 35.5. The first-order chi connectivity index (χ1) is 12.5. The largest absolute Gasteiger partial charge is 0.457 e. The number of rotatable bonds is 6. The summed E-state index contributed by atoms with van der Waals surface area (Å²) >= 11 is 5.87. The molecule has 1 aromatic heterocycles. The van der Waals surface area contributed by atoms with Crippen LogP contribution in [0.5, 0.6) is 17.2 Å². The summed E-state index contributed by atoms with van der Waals surface area (Å²) < 4.78 is 5.82. The van der Waals surface area contributed by atoms with Crippen LogP contribution in [0.4, 0.5) is 11.9 Å². The van der Waals surface area contributed by atoms with Crippen molar-refractivity contribution in [1.82, 2.24) is 15.0 Å². The van der Waals surface area contributed by atoms with Crippen LogP contribution in [-0.2, 0) is 0 Å². The van der Waals surface area contributed by atoms with Crippen molar-refractivity contribution in [2.24, 2.45) is 0 Å². The van der Waals surface area contributed by atoms with Crippen molar-refractivity contribution < 1.29 is 9.57 Å². The van der Waals surface area contributed by atoms with Crippen LogP contribution in [-0.4, -0.2) is 21.0 Å². The van der Waals surface area contributed by atoms with Crippen molar-refractivity contribution in [3.05, 3.63) is 59.9 Å². The molecular formula is C18H18ClN5O2. The normalized spacial score (nSPS) is 10.6. The van der Waals surface area contributed by atoms with Crippen LogP contribution >= 0.6 is 11.6 Å². The summed E-state index contributed by atoms with van der Waals surface area (Å²) in [4.78, 5) is 17.9. The van der Waals surface area contributed by atoms with E-state index >= 15 is 0 Å².